The van der Waals surface area contributed by atoms with Gasteiger partial charge in [0.1, 0.15) is 12.2 Å². The minimum Gasteiger partial charge on any atom is -0.388 e. The molecule has 0 aliphatic heterocycles. The van der Waals surface area contributed by atoms with E-state index in [2.05, 4.69) is 21.4 Å². The summed E-state index contributed by atoms with van der Waals surface area (Å²) in [5, 5.41) is 12.6. The zero-order valence-corrected chi connectivity index (χ0v) is 21.3. The van der Waals surface area contributed by atoms with E-state index in [0.29, 0.717) is 31.6 Å². The molecule has 0 atom stereocenters. The number of carbonyl (C=O) groups excluding carboxylic acids is 2. The van der Waals surface area contributed by atoms with E-state index < -0.39 is 0 Å². The third kappa shape index (κ3) is 6.58. The van der Waals surface area contributed by atoms with E-state index in [1.54, 1.807) is 0 Å². The van der Waals surface area contributed by atoms with Crippen LogP contribution in [0.3, 0.4) is 0 Å². The molecule has 38 heavy (non-hydrogen) atoms. The predicted octanol–water partition coefficient (Wildman–Crippen LogP) is 2.59. The first-order chi connectivity index (χ1) is 18.3. The Kier molecular flexibility index (Phi) is 8.42. The number of hydrogen-bond acceptors (Lipinski definition) is 4. The summed E-state index contributed by atoms with van der Waals surface area (Å²) in [6.07, 6.45) is 4.94. The van der Waals surface area contributed by atoms with Crippen molar-refractivity contribution in [3.8, 4) is 0 Å². The maximum absolute atomic E-state index is 13.3. The maximum Gasteiger partial charge on any atom is 0.267 e. The number of benzene rings is 2. The van der Waals surface area contributed by atoms with Gasteiger partial charge in [-0.25, -0.2) is 4.99 Å². The van der Waals surface area contributed by atoms with Gasteiger partial charge in [-0.15, -0.1) is 0 Å². The van der Waals surface area contributed by atoms with Crippen LogP contribution in [0.2, 0.25) is 0 Å². The lowest BCUT2D eigenvalue weighted by Crippen LogP contribution is -2.28. The van der Waals surface area contributed by atoms with Crippen molar-refractivity contribution in [2.24, 2.45) is 22.2 Å². The molecule has 10 heteroatoms. The van der Waals surface area contributed by atoms with Crippen molar-refractivity contribution < 1.29 is 9.59 Å². The number of aryl methyl sites for hydroxylation is 1. The number of para-hydroxylation sites is 1. The molecule has 0 fully saturated rings. The molecule has 0 aliphatic rings. The summed E-state index contributed by atoms with van der Waals surface area (Å²) in [6, 6.07) is 15.7. The highest BCUT2D eigenvalue weighted by Crippen LogP contribution is 2.23. The molecule has 0 saturated carbocycles. The molecule has 10 nitrogen and oxygen atoms in total. The standard InChI is InChI=1S/C28H34N8O2/c29-26(30)7-3-4-12-36-24-9-8-18(14-21(37)17-35-28(31)32)13-20(24)15-25(36)27(38)33-11-10-19-16-34-23-6-2-1-5-22(19)23/h1-2,5-6,8-9,13,15-16,34H,3-4,7,10-12,14,17H2,(H3,29,30)(H,33,38)(H4,31,32,35). The van der Waals surface area contributed by atoms with Gasteiger partial charge in [0.2, 0.25) is 0 Å². The van der Waals surface area contributed by atoms with Crippen LogP contribution >= 0.6 is 0 Å². The summed E-state index contributed by atoms with van der Waals surface area (Å²) < 4.78 is 2.00. The Morgan fingerprint density at radius 3 is 2.66 bits per heavy atom. The summed E-state index contributed by atoms with van der Waals surface area (Å²) in [5.74, 6) is -0.210. The quantitative estimate of drug-likeness (QED) is 0.0909. The number of unbranched alkanes of at least 4 members (excludes halogenated alkanes) is 1. The number of nitrogens with one attached hydrogen (secondary N) is 3. The first-order valence-electron chi connectivity index (χ1n) is 12.7. The largest absolute Gasteiger partial charge is 0.388 e. The van der Waals surface area contributed by atoms with Crippen molar-refractivity contribution in [1.29, 1.82) is 5.41 Å². The molecule has 9 N–H and O–H groups in total. The molecule has 0 radical (unpaired) electrons. The van der Waals surface area contributed by atoms with E-state index in [9.17, 15) is 9.59 Å². The molecule has 1 amide bonds. The van der Waals surface area contributed by atoms with Gasteiger partial charge in [-0.3, -0.25) is 15.0 Å². The number of H-pyrrole nitrogens is 1. The van der Waals surface area contributed by atoms with Crippen LogP contribution in [0.4, 0.5) is 0 Å². The highest BCUT2D eigenvalue weighted by molar-refractivity contribution is 5.99. The number of nitrogens with two attached hydrogens (primary N) is 3. The summed E-state index contributed by atoms with van der Waals surface area (Å²) in [7, 11) is 0. The molecule has 0 spiro atoms. The number of fused-ring (bicyclic) bond motifs is 2. The van der Waals surface area contributed by atoms with Gasteiger partial charge in [0.15, 0.2) is 11.7 Å². The van der Waals surface area contributed by atoms with Crippen LogP contribution in [0, 0.1) is 5.41 Å². The number of aromatic nitrogens is 2. The van der Waals surface area contributed by atoms with E-state index >= 15 is 0 Å². The highest BCUT2D eigenvalue weighted by atomic mass is 16.2. The molecule has 0 saturated heterocycles. The molecule has 0 bridgehead atoms. The first kappa shape index (κ1) is 26.5. The second kappa shape index (κ2) is 12.1. The Bertz CT molecular complexity index is 1490. The summed E-state index contributed by atoms with van der Waals surface area (Å²) >= 11 is 0. The highest BCUT2D eigenvalue weighted by Gasteiger charge is 2.17. The maximum atomic E-state index is 13.3. The predicted molar refractivity (Wildman–Crippen MR) is 151 cm³/mol. The normalized spacial score (nSPS) is 11.1. The van der Waals surface area contributed by atoms with Crippen LogP contribution in [0.15, 0.2) is 59.7 Å². The van der Waals surface area contributed by atoms with Crippen molar-refractivity contribution in [3.63, 3.8) is 0 Å². The summed E-state index contributed by atoms with van der Waals surface area (Å²) in [5.41, 5.74) is 20.7. The average molecular weight is 515 g/mol. The zero-order chi connectivity index (χ0) is 27.1. The number of amides is 1. The Morgan fingerprint density at radius 2 is 1.87 bits per heavy atom. The third-order valence-electron chi connectivity index (χ3n) is 6.47. The molecule has 2 aromatic heterocycles. The van der Waals surface area contributed by atoms with Gasteiger partial charge < -0.3 is 32.1 Å². The monoisotopic (exact) mass is 514 g/mol. The molecule has 4 aromatic rings. The van der Waals surface area contributed by atoms with Gasteiger partial charge in [-0.2, -0.15) is 0 Å². The number of amidine groups is 1. The van der Waals surface area contributed by atoms with Gasteiger partial charge in [-0.1, -0.05) is 24.3 Å². The van der Waals surface area contributed by atoms with Crippen LogP contribution < -0.4 is 22.5 Å². The van der Waals surface area contributed by atoms with Crippen molar-refractivity contribution >= 4 is 45.3 Å². The van der Waals surface area contributed by atoms with Crippen molar-refractivity contribution in [1.82, 2.24) is 14.9 Å². The number of rotatable bonds is 13. The van der Waals surface area contributed by atoms with Crippen LogP contribution in [0.5, 0.6) is 0 Å². The molecule has 2 heterocycles. The lowest BCUT2D eigenvalue weighted by atomic mass is 10.1. The SMILES string of the molecule is N=C(N)CCCCn1c(C(=O)NCCc2c[nH]c3ccccc23)cc2cc(CC(=O)CN=C(N)N)ccc21. The molecular formula is C28H34N8O2. The Labute approximate surface area is 220 Å². The Hall–Kier alpha value is -4.60. The van der Waals surface area contributed by atoms with Crippen molar-refractivity contribution in [3.05, 3.63) is 71.5 Å². The number of carbonyl (C=O) groups is 2. The topological polar surface area (TPSA) is 181 Å². The Balaban J connectivity index is 1.50. The molecular weight excluding hydrogens is 480 g/mol. The summed E-state index contributed by atoms with van der Waals surface area (Å²) in [4.78, 5) is 32.6. The van der Waals surface area contributed by atoms with E-state index in [0.717, 1.165) is 45.8 Å². The fourth-order valence-electron chi connectivity index (χ4n) is 4.65. The van der Waals surface area contributed by atoms with Crippen molar-refractivity contribution in [2.75, 3.05) is 13.1 Å². The van der Waals surface area contributed by atoms with E-state index in [1.807, 2.05) is 53.2 Å². The number of guanidine groups is 1. The Morgan fingerprint density at radius 1 is 1.05 bits per heavy atom. The first-order valence-corrected chi connectivity index (χ1v) is 12.7. The molecule has 2 aromatic carbocycles. The fraction of sp³-hybridized carbons (Fsp3) is 0.286. The number of ketones is 1. The number of Topliss-reactive ketones (excluding diaryl/α,β-unsaturated/α-hetero) is 1. The number of aliphatic imine (C=N–C) groups is 1. The van der Waals surface area contributed by atoms with Crippen LogP contribution in [0.1, 0.15) is 40.9 Å². The minimum atomic E-state index is -0.155. The van der Waals surface area contributed by atoms with Crippen LogP contribution in [-0.2, 0) is 24.2 Å². The van der Waals surface area contributed by atoms with Gasteiger partial charge in [0, 0.05) is 53.9 Å². The van der Waals surface area contributed by atoms with Crippen LogP contribution in [-0.4, -0.2) is 46.1 Å². The van der Waals surface area contributed by atoms with Gasteiger partial charge >= 0.3 is 0 Å². The van der Waals surface area contributed by atoms with E-state index in [1.165, 1.54) is 0 Å². The van der Waals surface area contributed by atoms with E-state index in [-0.39, 0.29) is 36.5 Å². The number of nitrogens with zero attached hydrogens (tertiary/aromatic N) is 2. The fourth-order valence-corrected chi connectivity index (χ4v) is 4.65. The van der Waals surface area contributed by atoms with Crippen molar-refractivity contribution in [2.45, 2.75) is 38.6 Å². The van der Waals surface area contributed by atoms with Gasteiger partial charge in [0.05, 0.1) is 5.84 Å². The molecule has 0 aliphatic carbocycles. The smallest absolute Gasteiger partial charge is 0.267 e. The lowest BCUT2D eigenvalue weighted by molar-refractivity contribution is -0.117. The van der Waals surface area contributed by atoms with Gasteiger partial charge in [0.25, 0.3) is 5.91 Å². The average Bonchev–Trinajstić information content (AvgIpc) is 3.46. The zero-order valence-electron chi connectivity index (χ0n) is 21.3. The second-order valence-corrected chi connectivity index (χ2v) is 9.38. The van der Waals surface area contributed by atoms with Crippen LogP contribution in [0.25, 0.3) is 21.8 Å². The third-order valence-corrected chi connectivity index (χ3v) is 6.47. The van der Waals surface area contributed by atoms with E-state index in [4.69, 9.17) is 22.6 Å². The molecule has 198 valence electrons. The second-order valence-electron chi connectivity index (χ2n) is 9.38. The summed E-state index contributed by atoms with van der Waals surface area (Å²) in [6.45, 7) is 1.05. The van der Waals surface area contributed by atoms with Gasteiger partial charge in [-0.05, 0) is 54.7 Å². The lowest BCUT2D eigenvalue weighted by Gasteiger charge is -2.11. The number of aromatic amines is 1. The minimum absolute atomic E-state index is 0.0678. The number of hydrogen-bond donors (Lipinski definition) is 6. The molecule has 0 unspecified atom stereocenters. The molecule has 4 rings (SSSR count).